The van der Waals surface area contributed by atoms with Crippen molar-refractivity contribution in [3.8, 4) is 11.3 Å². The minimum absolute atomic E-state index is 0.0479. The normalized spacial score (nSPS) is 20.2. The minimum atomic E-state index is -1.07. The first-order valence-electron chi connectivity index (χ1n) is 10.9. The standard InChI is InChI=1S/C23H21N7O3S/c1-29-20-17(18(28-29)13-6-3-2-4-7-13)19(26-27-20)24-16(31)12-30-21(32)23(14-9-10-14,25-22(30)33)15-8-5-11-34-15/h2-8,11,14H,9-10,12H2,1H3,(H,25,33)(H2,24,26,27,31). The van der Waals surface area contributed by atoms with Crippen LogP contribution in [0, 0.1) is 5.92 Å². The number of aromatic amines is 1. The van der Waals surface area contributed by atoms with Gasteiger partial charge in [0.15, 0.2) is 11.2 Å². The molecule has 0 radical (unpaired) electrons. The third-order valence-corrected chi connectivity index (χ3v) is 7.39. The molecular weight excluding hydrogens is 454 g/mol. The molecule has 0 bridgehead atoms. The predicted octanol–water partition coefficient (Wildman–Crippen LogP) is 2.82. The summed E-state index contributed by atoms with van der Waals surface area (Å²) >= 11 is 1.44. The molecular formula is C23H21N7O3S. The van der Waals surface area contributed by atoms with E-state index in [9.17, 15) is 14.4 Å². The van der Waals surface area contributed by atoms with E-state index in [1.54, 1.807) is 11.7 Å². The van der Waals surface area contributed by atoms with Crippen molar-refractivity contribution < 1.29 is 14.4 Å². The third kappa shape index (κ3) is 3.04. The van der Waals surface area contributed by atoms with Crippen LogP contribution in [-0.2, 0) is 22.2 Å². The highest BCUT2D eigenvalue weighted by Crippen LogP contribution is 2.50. The van der Waals surface area contributed by atoms with E-state index in [0.29, 0.717) is 22.5 Å². The number of H-pyrrole nitrogens is 1. The lowest BCUT2D eigenvalue weighted by molar-refractivity contribution is -0.134. The minimum Gasteiger partial charge on any atom is -0.318 e. The number of amides is 4. The number of nitrogens with zero attached hydrogens (tertiary/aromatic N) is 4. The van der Waals surface area contributed by atoms with Gasteiger partial charge in [-0.05, 0) is 30.2 Å². The Bertz CT molecular complexity index is 1420. The molecule has 11 heteroatoms. The fraction of sp³-hybridized carbons (Fsp3) is 0.261. The molecule has 4 aromatic rings. The number of hydrogen-bond acceptors (Lipinski definition) is 6. The zero-order chi connectivity index (χ0) is 23.4. The van der Waals surface area contributed by atoms with Gasteiger partial charge < -0.3 is 10.6 Å². The quantitative estimate of drug-likeness (QED) is 0.370. The number of anilines is 1. The largest absolute Gasteiger partial charge is 0.325 e. The van der Waals surface area contributed by atoms with E-state index >= 15 is 0 Å². The highest BCUT2D eigenvalue weighted by molar-refractivity contribution is 7.10. The molecule has 4 heterocycles. The van der Waals surface area contributed by atoms with E-state index in [2.05, 4.69) is 25.9 Å². The summed E-state index contributed by atoms with van der Waals surface area (Å²) in [4.78, 5) is 41.0. The number of benzene rings is 1. The fourth-order valence-corrected chi connectivity index (χ4v) is 5.60. The molecule has 10 nitrogen and oxygen atoms in total. The van der Waals surface area contributed by atoms with Crippen molar-refractivity contribution in [1.29, 1.82) is 0 Å². The van der Waals surface area contributed by atoms with Gasteiger partial charge in [0.2, 0.25) is 5.91 Å². The molecule has 1 aromatic carbocycles. The summed E-state index contributed by atoms with van der Waals surface area (Å²) < 4.78 is 1.63. The topological polar surface area (TPSA) is 125 Å². The first kappa shape index (κ1) is 20.6. The number of imide groups is 1. The van der Waals surface area contributed by atoms with Gasteiger partial charge in [-0.1, -0.05) is 36.4 Å². The number of carbonyl (C=O) groups is 3. The molecule has 4 amide bonds. The fourth-order valence-electron chi connectivity index (χ4n) is 4.65. The Kier molecular flexibility index (Phi) is 4.56. The van der Waals surface area contributed by atoms with Crippen LogP contribution in [0.1, 0.15) is 17.7 Å². The van der Waals surface area contributed by atoms with Crippen molar-refractivity contribution in [2.75, 3.05) is 11.9 Å². The zero-order valence-electron chi connectivity index (χ0n) is 18.2. The first-order chi connectivity index (χ1) is 16.5. The molecule has 3 aromatic heterocycles. The average Bonchev–Trinajstić information content (AvgIpc) is 3.16. The Balaban J connectivity index is 1.27. The van der Waals surface area contributed by atoms with Gasteiger partial charge in [0.05, 0.1) is 5.39 Å². The number of aryl methyl sites for hydroxylation is 1. The molecule has 172 valence electrons. The second kappa shape index (κ2) is 7.52. The summed E-state index contributed by atoms with van der Waals surface area (Å²) in [5.41, 5.74) is 1.05. The molecule has 1 unspecified atom stereocenters. The number of fused-ring (bicyclic) bond motifs is 1. The second-order valence-corrected chi connectivity index (χ2v) is 9.51. The van der Waals surface area contributed by atoms with Crippen molar-refractivity contribution in [3.63, 3.8) is 0 Å². The van der Waals surface area contributed by atoms with E-state index in [4.69, 9.17) is 0 Å². The van der Waals surface area contributed by atoms with Crippen LogP contribution < -0.4 is 10.6 Å². The summed E-state index contributed by atoms with van der Waals surface area (Å²) in [6.07, 6.45) is 1.72. The predicted molar refractivity (Wildman–Crippen MR) is 126 cm³/mol. The second-order valence-electron chi connectivity index (χ2n) is 8.56. The van der Waals surface area contributed by atoms with Gasteiger partial charge in [-0.25, -0.2) is 9.48 Å². The molecule has 2 aliphatic rings. The van der Waals surface area contributed by atoms with Crippen molar-refractivity contribution in [3.05, 3.63) is 52.7 Å². The van der Waals surface area contributed by atoms with Gasteiger partial charge in [0.1, 0.15) is 18.1 Å². The summed E-state index contributed by atoms with van der Waals surface area (Å²) in [7, 11) is 1.77. The highest BCUT2D eigenvalue weighted by Gasteiger charge is 2.61. The average molecular weight is 476 g/mol. The number of hydrogen-bond donors (Lipinski definition) is 3. The lowest BCUT2D eigenvalue weighted by Crippen LogP contribution is -2.46. The number of nitrogens with one attached hydrogen (secondary N) is 3. The summed E-state index contributed by atoms with van der Waals surface area (Å²) in [6.45, 7) is -0.397. The van der Waals surface area contributed by atoms with E-state index in [1.807, 2.05) is 47.8 Å². The van der Waals surface area contributed by atoms with E-state index in [-0.39, 0.29) is 11.8 Å². The maximum absolute atomic E-state index is 13.4. The van der Waals surface area contributed by atoms with Gasteiger partial charge in [-0.3, -0.25) is 19.6 Å². The van der Waals surface area contributed by atoms with Crippen LogP contribution in [0.3, 0.4) is 0 Å². The molecule has 1 aliphatic carbocycles. The first-order valence-corrected chi connectivity index (χ1v) is 11.8. The molecule has 1 aliphatic heterocycles. The molecule has 0 spiro atoms. The molecule has 6 rings (SSSR count). The van der Waals surface area contributed by atoms with Gasteiger partial charge in [-0.2, -0.15) is 10.2 Å². The van der Waals surface area contributed by atoms with E-state index in [0.717, 1.165) is 28.2 Å². The summed E-state index contributed by atoms with van der Waals surface area (Å²) in [5, 5.41) is 19.9. The van der Waals surface area contributed by atoms with Crippen LogP contribution in [0.5, 0.6) is 0 Å². The van der Waals surface area contributed by atoms with Crippen LogP contribution >= 0.6 is 11.3 Å². The maximum Gasteiger partial charge on any atom is 0.325 e. The third-order valence-electron chi connectivity index (χ3n) is 6.39. The number of rotatable bonds is 6. The Labute approximate surface area is 197 Å². The van der Waals surface area contributed by atoms with Crippen molar-refractivity contribution in [2.24, 2.45) is 13.0 Å². The van der Waals surface area contributed by atoms with Crippen LogP contribution in [0.15, 0.2) is 47.8 Å². The summed E-state index contributed by atoms with van der Waals surface area (Å²) in [5.74, 6) is -0.467. The van der Waals surface area contributed by atoms with Gasteiger partial charge in [-0.15, -0.1) is 11.3 Å². The van der Waals surface area contributed by atoms with Gasteiger partial charge >= 0.3 is 6.03 Å². The van der Waals surface area contributed by atoms with Gasteiger partial charge in [0.25, 0.3) is 5.91 Å². The number of carbonyl (C=O) groups excluding carboxylic acids is 3. The highest BCUT2D eigenvalue weighted by atomic mass is 32.1. The Morgan fingerprint density at radius 1 is 1.21 bits per heavy atom. The Morgan fingerprint density at radius 3 is 2.71 bits per heavy atom. The zero-order valence-corrected chi connectivity index (χ0v) is 19.1. The number of urea groups is 1. The van der Waals surface area contributed by atoms with Crippen molar-refractivity contribution in [1.82, 2.24) is 30.2 Å². The Morgan fingerprint density at radius 2 is 2.00 bits per heavy atom. The lowest BCUT2D eigenvalue weighted by atomic mass is 9.91. The smallest absolute Gasteiger partial charge is 0.318 e. The SMILES string of the molecule is Cn1nc(-c2ccccc2)c2c(NC(=O)CN3C(=O)NC(c4cccs4)(C4CC4)C3=O)[nH]nc21. The van der Waals surface area contributed by atoms with Crippen molar-refractivity contribution in [2.45, 2.75) is 18.4 Å². The monoisotopic (exact) mass is 475 g/mol. The molecule has 2 fully saturated rings. The van der Waals surface area contributed by atoms with Gasteiger partial charge in [0, 0.05) is 17.5 Å². The van der Waals surface area contributed by atoms with Crippen LogP contribution in [-0.4, -0.2) is 49.3 Å². The lowest BCUT2D eigenvalue weighted by Gasteiger charge is -2.25. The molecule has 1 atom stereocenters. The molecule has 3 N–H and O–H groups in total. The molecule has 34 heavy (non-hydrogen) atoms. The maximum atomic E-state index is 13.4. The van der Waals surface area contributed by atoms with Crippen molar-refractivity contribution >= 4 is 46.0 Å². The Hall–Kier alpha value is -3.99. The van der Waals surface area contributed by atoms with E-state index < -0.39 is 24.0 Å². The summed E-state index contributed by atoms with van der Waals surface area (Å²) in [6, 6.07) is 12.8. The number of aromatic nitrogens is 4. The van der Waals surface area contributed by atoms with Crippen LogP contribution in [0.2, 0.25) is 0 Å². The van der Waals surface area contributed by atoms with Crippen LogP contribution in [0.25, 0.3) is 22.3 Å². The number of thiophene rings is 1. The van der Waals surface area contributed by atoms with E-state index in [1.165, 1.54) is 11.3 Å². The van der Waals surface area contributed by atoms with Crippen LogP contribution in [0.4, 0.5) is 10.6 Å². The molecule has 1 saturated carbocycles. The molecule has 1 saturated heterocycles.